The molecule has 0 aromatic heterocycles. The molecule has 140 valence electrons. The summed E-state index contributed by atoms with van der Waals surface area (Å²) < 4.78 is 45.6. The Kier molecular flexibility index (Phi) is 5.41. The molecule has 0 fully saturated rings. The van der Waals surface area contributed by atoms with Gasteiger partial charge in [0.1, 0.15) is 5.75 Å². The molecule has 1 N–H and O–H groups in total. The summed E-state index contributed by atoms with van der Waals surface area (Å²) in [6.45, 7) is 0. The van der Waals surface area contributed by atoms with Crippen molar-refractivity contribution in [3.8, 4) is 5.75 Å². The van der Waals surface area contributed by atoms with Crippen LogP contribution < -0.4 is 10.1 Å². The van der Waals surface area contributed by atoms with E-state index in [9.17, 15) is 18.0 Å². The Bertz CT molecular complexity index is 1000. The van der Waals surface area contributed by atoms with Gasteiger partial charge in [-0.3, -0.25) is 4.79 Å². The Hall–Kier alpha value is -2.54. The van der Waals surface area contributed by atoms with E-state index in [2.05, 4.69) is 21.2 Å². The second-order valence-corrected chi connectivity index (χ2v) is 6.80. The highest BCUT2D eigenvalue weighted by atomic mass is 79.9. The lowest BCUT2D eigenvalue weighted by Crippen LogP contribution is -2.18. The molecule has 27 heavy (non-hydrogen) atoms. The molecule has 0 saturated heterocycles. The van der Waals surface area contributed by atoms with Crippen molar-refractivity contribution in [3.05, 3.63) is 70.2 Å². The van der Waals surface area contributed by atoms with Gasteiger partial charge in [0.05, 0.1) is 24.8 Å². The molecule has 0 saturated carbocycles. The number of alkyl halides is 3. The number of para-hydroxylation sites is 1. The molecular weight excluding hydrogens is 423 g/mol. The minimum Gasteiger partial charge on any atom is -0.496 e. The highest BCUT2D eigenvalue weighted by molar-refractivity contribution is 9.10. The zero-order chi connectivity index (χ0) is 19.6. The third-order valence-electron chi connectivity index (χ3n) is 4.11. The van der Waals surface area contributed by atoms with Crippen LogP contribution in [-0.2, 0) is 17.4 Å². The first-order valence-corrected chi connectivity index (χ1v) is 8.80. The average Bonchev–Trinajstić information content (AvgIpc) is 2.61. The van der Waals surface area contributed by atoms with E-state index in [4.69, 9.17) is 4.74 Å². The first kappa shape index (κ1) is 19.2. The summed E-state index contributed by atoms with van der Waals surface area (Å²) in [5, 5.41) is 4.06. The van der Waals surface area contributed by atoms with Gasteiger partial charge >= 0.3 is 6.18 Å². The monoisotopic (exact) mass is 437 g/mol. The highest BCUT2D eigenvalue weighted by Gasteiger charge is 2.33. The zero-order valence-electron chi connectivity index (χ0n) is 14.2. The number of amides is 1. The number of rotatable bonds is 4. The summed E-state index contributed by atoms with van der Waals surface area (Å²) >= 11 is 3.40. The maximum absolute atomic E-state index is 13.1. The van der Waals surface area contributed by atoms with Crippen molar-refractivity contribution in [3.63, 3.8) is 0 Å². The molecule has 0 bridgehead atoms. The summed E-state index contributed by atoms with van der Waals surface area (Å²) in [4.78, 5) is 12.5. The Morgan fingerprint density at radius 2 is 1.85 bits per heavy atom. The lowest BCUT2D eigenvalue weighted by Gasteiger charge is -2.15. The van der Waals surface area contributed by atoms with Crippen LogP contribution in [-0.4, -0.2) is 13.0 Å². The third-order valence-corrected chi connectivity index (χ3v) is 4.61. The number of carbonyl (C=O) groups excluding carboxylic acids is 1. The van der Waals surface area contributed by atoms with E-state index in [0.29, 0.717) is 11.3 Å². The van der Waals surface area contributed by atoms with E-state index in [-0.39, 0.29) is 12.1 Å². The van der Waals surface area contributed by atoms with Gasteiger partial charge in [-0.15, -0.1) is 0 Å². The largest absolute Gasteiger partial charge is 0.496 e. The number of anilines is 1. The Balaban J connectivity index is 1.93. The van der Waals surface area contributed by atoms with E-state index in [0.717, 1.165) is 21.3 Å². The fourth-order valence-electron chi connectivity index (χ4n) is 2.91. The standard InChI is InChI=1S/C20H15BrF3NO2/c1-27-18-9-6-12-10-13(21)7-8-14(12)15(18)11-19(26)25-17-5-3-2-4-16(17)20(22,23)24/h2-10H,11H2,1H3,(H,25,26). The summed E-state index contributed by atoms with van der Waals surface area (Å²) in [6.07, 6.45) is -4.67. The number of halogens is 4. The van der Waals surface area contributed by atoms with Gasteiger partial charge in [0.15, 0.2) is 0 Å². The van der Waals surface area contributed by atoms with Crippen LogP contribution in [0.2, 0.25) is 0 Å². The van der Waals surface area contributed by atoms with E-state index in [1.807, 2.05) is 24.3 Å². The van der Waals surface area contributed by atoms with Gasteiger partial charge in [-0.05, 0) is 41.1 Å². The van der Waals surface area contributed by atoms with Crippen LogP contribution in [0.4, 0.5) is 18.9 Å². The van der Waals surface area contributed by atoms with Gasteiger partial charge in [-0.25, -0.2) is 0 Å². The smallest absolute Gasteiger partial charge is 0.418 e. The lowest BCUT2D eigenvalue weighted by atomic mass is 10.0. The number of carbonyl (C=O) groups is 1. The van der Waals surface area contributed by atoms with Crippen LogP contribution in [0.25, 0.3) is 10.8 Å². The molecular formula is C20H15BrF3NO2. The van der Waals surface area contributed by atoms with Crippen molar-refractivity contribution in [2.24, 2.45) is 0 Å². The fraction of sp³-hybridized carbons (Fsp3) is 0.150. The number of nitrogens with one attached hydrogen (secondary N) is 1. The number of ether oxygens (including phenoxy) is 1. The van der Waals surface area contributed by atoms with Crippen molar-refractivity contribution in [1.82, 2.24) is 0 Å². The van der Waals surface area contributed by atoms with Gasteiger partial charge in [-0.2, -0.15) is 13.2 Å². The van der Waals surface area contributed by atoms with Crippen LogP contribution in [0.5, 0.6) is 5.75 Å². The Labute approximate surface area is 162 Å². The van der Waals surface area contributed by atoms with E-state index >= 15 is 0 Å². The van der Waals surface area contributed by atoms with E-state index in [1.54, 1.807) is 6.07 Å². The predicted octanol–water partition coefficient (Wildman–Crippen LogP) is 5.81. The molecule has 1 amide bonds. The van der Waals surface area contributed by atoms with E-state index in [1.165, 1.54) is 25.3 Å². The van der Waals surface area contributed by atoms with Crippen molar-refractivity contribution in [1.29, 1.82) is 0 Å². The maximum atomic E-state index is 13.1. The second-order valence-electron chi connectivity index (χ2n) is 5.88. The molecule has 3 rings (SSSR count). The number of hydrogen-bond donors (Lipinski definition) is 1. The average molecular weight is 438 g/mol. The summed E-state index contributed by atoms with van der Waals surface area (Å²) in [5.74, 6) is -0.0514. The normalized spacial score (nSPS) is 11.4. The zero-order valence-corrected chi connectivity index (χ0v) is 15.8. The van der Waals surface area contributed by atoms with Crippen molar-refractivity contribution >= 4 is 38.3 Å². The molecule has 3 aromatic rings. The van der Waals surface area contributed by atoms with Crippen molar-refractivity contribution < 1.29 is 22.7 Å². The maximum Gasteiger partial charge on any atom is 0.418 e. The number of fused-ring (bicyclic) bond motifs is 1. The molecule has 3 nitrogen and oxygen atoms in total. The third kappa shape index (κ3) is 4.24. The quantitative estimate of drug-likeness (QED) is 0.559. The molecule has 7 heteroatoms. The predicted molar refractivity (Wildman–Crippen MR) is 102 cm³/mol. The molecule has 0 aliphatic carbocycles. The molecule has 3 aromatic carbocycles. The molecule has 0 atom stereocenters. The molecule has 0 spiro atoms. The van der Waals surface area contributed by atoms with Crippen LogP contribution >= 0.6 is 15.9 Å². The number of methoxy groups -OCH3 is 1. The minimum atomic E-state index is -4.55. The molecule has 0 aliphatic heterocycles. The first-order valence-electron chi connectivity index (χ1n) is 8.01. The molecule has 0 aliphatic rings. The number of benzene rings is 3. The van der Waals surface area contributed by atoms with Gasteiger partial charge in [-0.1, -0.05) is 40.2 Å². The SMILES string of the molecule is COc1ccc2cc(Br)ccc2c1CC(=O)Nc1ccccc1C(F)(F)F. The van der Waals surface area contributed by atoms with Gasteiger partial charge in [0.2, 0.25) is 5.91 Å². The Morgan fingerprint density at radius 3 is 2.56 bits per heavy atom. The summed E-state index contributed by atoms with van der Waals surface area (Å²) in [7, 11) is 1.49. The van der Waals surface area contributed by atoms with Crippen LogP contribution in [0.3, 0.4) is 0 Å². The van der Waals surface area contributed by atoms with Gasteiger partial charge in [0.25, 0.3) is 0 Å². The highest BCUT2D eigenvalue weighted by Crippen LogP contribution is 2.35. The fourth-order valence-corrected chi connectivity index (χ4v) is 3.29. The molecule has 0 heterocycles. The topological polar surface area (TPSA) is 38.3 Å². The number of hydrogen-bond acceptors (Lipinski definition) is 2. The van der Waals surface area contributed by atoms with Crippen molar-refractivity contribution in [2.45, 2.75) is 12.6 Å². The van der Waals surface area contributed by atoms with Crippen LogP contribution in [0.1, 0.15) is 11.1 Å². The molecule has 0 unspecified atom stereocenters. The summed E-state index contributed by atoms with van der Waals surface area (Å²) in [6, 6.07) is 14.1. The first-order chi connectivity index (χ1) is 12.8. The van der Waals surface area contributed by atoms with Gasteiger partial charge in [0, 0.05) is 10.0 Å². The minimum absolute atomic E-state index is 0.117. The molecule has 0 radical (unpaired) electrons. The lowest BCUT2D eigenvalue weighted by molar-refractivity contribution is -0.137. The van der Waals surface area contributed by atoms with Crippen LogP contribution in [0, 0.1) is 0 Å². The second kappa shape index (κ2) is 7.60. The van der Waals surface area contributed by atoms with Crippen molar-refractivity contribution in [2.75, 3.05) is 12.4 Å². The Morgan fingerprint density at radius 1 is 1.11 bits per heavy atom. The van der Waals surface area contributed by atoms with E-state index < -0.39 is 17.6 Å². The van der Waals surface area contributed by atoms with Gasteiger partial charge < -0.3 is 10.1 Å². The summed E-state index contributed by atoms with van der Waals surface area (Å²) in [5.41, 5.74) is -0.534. The van der Waals surface area contributed by atoms with Crippen LogP contribution in [0.15, 0.2) is 59.1 Å².